The molecule has 30 heavy (non-hydrogen) atoms. The van der Waals surface area contributed by atoms with Crippen molar-refractivity contribution in [1.82, 2.24) is 9.97 Å². The number of ketones is 1. The third-order valence-electron chi connectivity index (χ3n) is 7.18. The molecule has 1 aliphatic heterocycles. The maximum Gasteiger partial charge on any atom is 0.139 e. The van der Waals surface area contributed by atoms with Gasteiger partial charge in [0.25, 0.3) is 0 Å². The Labute approximate surface area is 178 Å². The molecule has 1 saturated heterocycles. The molecular weight excluding hydrogens is 378 g/mol. The number of ether oxygens (including phenoxy) is 2. The molecule has 0 bridgehead atoms. The quantitative estimate of drug-likeness (QED) is 0.714. The highest BCUT2D eigenvalue weighted by Gasteiger charge is 2.44. The van der Waals surface area contributed by atoms with E-state index in [9.17, 15) is 4.79 Å². The molecule has 0 N–H and O–H groups in total. The fourth-order valence-corrected chi connectivity index (χ4v) is 4.75. The van der Waals surface area contributed by atoms with Crippen molar-refractivity contribution in [3.05, 3.63) is 24.7 Å². The van der Waals surface area contributed by atoms with Gasteiger partial charge in [0.15, 0.2) is 0 Å². The van der Waals surface area contributed by atoms with E-state index < -0.39 is 0 Å². The van der Waals surface area contributed by atoms with Gasteiger partial charge in [0.1, 0.15) is 17.9 Å². The van der Waals surface area contributed by atoms with E-state index in [1.54, 1.807) is 6.33 Å². The number of anilines is 1. The summed E-state index contributed by atoms with van der Waals surface area (Å²) in [5, 5.41) is 0.966. The molecule has 6 heteroatoms. The second-order valence-corrected chi connectivity index (χ2v) is 9.45. The highest BCUT2D eigenvalue weighted by molar-refractivity contribution is 5.88. The Morgan fingerprint density at radius 3 is 2.70 bits per heavy atom. The number of fused-ring (bicyclic) bond motifs is 1. The summed E-state index contributed by atoms with van der Waals surface area (Å²) in [7, 11) is 0. The van der Waals surface area contributed by atoms with Gasteiger partial charge in [0, 0.05) is 42.9 Å². The van der Waals surface area contributed by atoms with Crippen molar-refractivity contribution in [3.8, 4) is 5.75 Å². The molecule has 1 aromatic heterocycles. The Bertz CT molecular complexity index is 913. The Hall–Kier alpha value is -2.21. The predicted octanol–water partition coefficient (Wildman–Crippen LogP) is 4.16. The second-order valence-electron chi connectivity index (χ2n) is 9.45. The van der Waals surface area contributed by atoms with Crippen LogP contribution in [-0.4, -0.2) is 48.2 Å². The summed E-state index contributed by atoms with van der Waals surface area (Å²) in [5.74, 6) is 1.88. The van der Waals surface area contributed by atoms with Crippen LogP contribution in [0.2, 0.25) is 0 Å². The van der Waals surface area contributed by atoms with E-state index in [0.717, 1.165) is 93.6 Å². The van der Waals surface area contributed by atoms with Crippen LogP contribution in [0.3, 0.4) is 0 Å². The molecule has 2 aliphatic carbocycles. The van der Waals surface area contributed by atoms with Gasteiger partial charge in [-0.15, -0.1) is 0 Å². The van der Waals surface area contributed by atoms with Crippen molar-refractivity contribution in [1.29, 1.82) is 0 Å². The van der Waals surface area contributed by atoms with Crippen LogP contribution in [0, 0.1) is 11.3 Å². The van der Waals surface area contributed by atoms with Gasteiger partial charge >= 0.3 is 0 Å². The Kier molecular flexibility index (Phi) is 5.35. The first kappa shape index (κ1) is 19.7. The average Bonchev–Trinajstić information content (AvgIpc) is 3.54. The molecule has 0 unspecified atom stereocenters. The Balaban J connectivity index is 1.27. The van der Waals surface area contributed by atoms with Crippen LogP contribution >= 0.6 is 0 Å². The molecule has 1 aromatic carbocycles. The molecule has 3 aliphatic rings. The number of carbonyl (C=O) groups is 1. The van der Waals surface area contributed by atoms with Crippen molar-refractivity contribution in [3.63, 3.8) is 0 Å². The van der Waals surface area contributed by atoms with E-state index >= 15 is 0 Å². The van der Waals surface area contributed by atoms with Crippen LogP contribution < -0.4 is 9.64 Å². The monoisotopic (exact) mass is 409 g/mol. The third kappa shape index (κ3) is 4.15. The van der Waals surface area contributed by atoms with Crippen LogP contribution in [-0.2, 0) is 9.53 Å². The van der Waals surface area contributed by atoms with Crippen molar-refractivity contribution in [2.45, 2.75) is 58.0 Å². The molecule has 0 spiro atoms. The zero-order valence-electron chi connectivity index (χ0n) is 17.8. The SMILES string of the molecule is CC1(C(=O)CC2CCC(Oc3cc(N4CCOCC4)cc4ncncc34)CC2)CC1. The minimum Gasteiger partial charge on any atom is -0.490 e. The van der Waals surface area contributed by atoms with Gasteiger partial charge in [0.05, 0.1) is 30.2 Å². The topological polar surface area (TPSA) is 64.5 Å². The molecular formula is C24H31N3O3. The number of hydrogen-bond donors (Lipinski definition) is 0. The van der Waals surface area contributed by atoms with Crippen LogP contribution in [0.5, 0.6) is 5.75 Å². The van der Waals surface area contributed by atoms with Gasteiger partial charge in [-0.25, -0.2) is 9.97 Å². The Morgan fingerprint density at radius 1 is 1.20 bits per heavy atom. The number of morpholine rings is 1. The van der Waals surface area contributed by atoms with Crippen LogP contribution in [0.25, 0.3) is 10.9 Å². The smallest absolute Gasteiger partial charge is 0.139 e. The number of nitrogens with zero attached hydrogens (tertiary/aromatic N) is 3. The van der Waals surface area contributed by atoms with Gasteiger partial charge in [-0.3, -0.25) is 4.79 Å². The lowest BCUT2D eigenvalue weighted by molar-refractivity contribution is -0.124. The van der Waals surface area contributed by atoms with Crippen molar-refractivity contribution < 1.29 is 14.3 Å². The number of rotatable bonds is 6. The van der Waals surface area contributed by atoms with E-state index in [0.29, 0.717) is 11.7 Å². The number of benzene rings is 1. The van der Waals surface area contributed by atoms with E-state index in [1.165, 1.54) is 0 Å². The maximum atomic E-state index is 12.4. The molecule has 160 valence electrons. The zero-order valence-corrected chi connectivity index (χ0v) is 17.8. The van der Waals surface area contributed by atoms with E-state index in [-0.39, 0.29) is 11.5 Å². The highest BCUT2D eigenvalue weighted by atomic mass is 16.5. The van der Waals surface area contributed by atoms with Crippen LogP contribution in [0.4, 0.5) is 5.69 Å². The number of carbonyl (C=O) groups excluding carboxylic acids is 1. The summed E-state index contributed by atoms with van der Waals surface area (Å²) in [6.07, 6.45) is 10.7. The van der Waals surface area contributed by atoms with Gasteiger partial charge < -0.3 is 14.4 Å². The molecule has 2 heterocycles. The highest BCUT2D eigenvalue weighted by Crippen LogP contribution is 2.48. The minimum atomic E-state index is 0.00615. The molecule has 3 fully saturated rings. The van der Waals surface area contributed by atoms with Crippen molar-refractivity contribution >= 4 is 22.4 Å². The number of hydrogen-bond acceptors (Lipinski definition) is 6. The van der Waals surface area contributed by atoms with E-state index in [2.05, 4.69) is 33.9 Å². The number of Topliss-reactive ketones (excluding diaryl/α,β-unsaturated/α-hetero) is 1. The molecule has 5 rings (SSSR count). The lowest BCUT2D eigenvalue weighted by Crippen LogP contribution is -2.36. The number of aromatic nitrogens is 2. The van der Waals surface area contributed by atoms with Crippen LogP contribution in [0.15, 0.2) is 24.7 Å². The predicted molar refractivity (Wildman–Crippen MR) is 116 cm³/mol. The van der Waals surface area contributed by atoms with Gasteiger partial charge in [-0.05, 0) is 50.5 Å². The largest absolute Gasteiger partial charge is 0.490 e. The molecule has 2 aromatic rings. The Morgan fingerprint density at radius 2 is 1.97 bits per heavy atom. The fraction of sp³-hybridized carbons (Fsp3) is 0.625. The second kappa shape index (κ2) is 8.14. The average molecular weight is 410 g/mol. The van der Waals surface area contributed by atoms with Gasteiger partial charge in [-0.1, -0.05) is 6.92 Å². The molecule has 2 saturated carbocycles. The minimum absolute atomic E-state index is 0.00615. The third-order valence-corrected chi connectivity index (χ3v) is 7.18. The lowest BCUT2D eigenvalue weighted by atomic mass is 9.82. The first-order valence-electron chi connectivity index (χ1n) is 11.4. The summed E-state index contributed by atoms with van der Waals surface area (Å²) in [4.78, 5) is 23.5. The summed E-state index contributed by atoms with van der Waals surface area (Å²) < 4.78 is 12.0. The van der Waals surface area contributed by atoms with E-state index in [4.69, 9.17) is 9.47 Å². The summed E-state index contributed by atoms with van der Waals surface area (Å²) in [5.41, 5.74) is 2.06. The maximum absolute atomic E-state index is 12.4. The molecule has 0 amide bonds. The normalized spacial score (nSPS) is 25.8. The first-order valence-corrected chi connectivity index (χ1v) is 11.4. The van der Waals surface area contributed by atoms with Crippen molar-refractivity contribution in [2.75, 3.05) is 31.2 Å². The van der Waals surface area contributed by atoms with Gasteiger partial charge in [-0.2, -0.15) is 0 Å². The zero-order chi connectivity index (χ0) is 20.6. The lowest BCUT2D eigenvalue weighted by Gasteiger charge is -2.31. The summed E-state index contributed by atoms with van der Waals surface area (Å²) in [6.45, 7) is 5.39. The van der Waals surface area contributed by atoms with Crippen molar-refractivity contribution in [2.24, 2.45) is 11.3 Å². The standard InChI is InChI=1S/C24H31N3O3/c1-24(6-7-24)23(28)12-17-2-4-19(5-3-17)30-22-14-18(27-8-10-29-11-9-27)13-21-20(22)15-25-16-26-21/h13-17,19H,2-12H2,1H3. The molecule has 6 nitrogen and oxygen atoms in total. The van der Waals surface area contributed by atoms with Crippen LogP contribution in [0.1, 0.15) is 51.9 Å². The van der Waals surface area contributed by atoms with Gasteiger partial charge in [0.2, 0.25) is 0 Å². The summed E-state index contributed by atoms with van der Waals surface area (Å²) >= 11 is 0. The molecule has 0 atom stereocenters. The fourth-order valence-electron chi connectivity index (χ4n) is 4.75. The first-order chi connectivity index (χ1) is 14.6. The molecule has 0 radical (unpaired) electrons. The summed E-state index contributed by atoms with van der Waals surface area (Å²) in [6, 6.07) is 4.26. The van der Waals surface area contributed by atoms with E-state index in [1.807, 2.05) is 6.20 Å².